The first-order valence-corrected chi connectivity index (χ1v) is 3.87. The number of alkyl halides is 3. The molecule has 0 aromatic carbocycles. The summed E-state index contributed by atoms with van der Waals surface area (Å²) in [6, 6.07) is 2.94. The smallest absolute Gasteiger partial charge is 0.319 e. The fourth-order valence-corrected chi connectivity index (χ4v) is 0.916. The molecule has 2 nitrogen and oxygen atoms in total. The zero-order chi connectivity index (χ0) is 10.8. The standard InChI is InChI=1S/C9H9F3N2/c1-2-6(13)7-4-3-5-8(14-7)9(10,11)12/h2-6H,1,13H2/t6-/m1/s1. The highest BCUT2D eigenvalue weighted by Crippen LogP contribution is 2.27. The first-order chi connectivity index (χ1) is 6.45. The van der Waals surface area contributed by atoms with Gasteiger partial charge in [0, 0.05) is 0 Å². The van der Waals surface area contributed by atoms with Crippen LogP contribution in [0.1, 0.15) is 17.4 Å². The van der Waals surface area contributed by atoms with Gasteiger partial charge in [-0.3, -0.25) is 0 Å². The van der Waals surface area contributed by atoms with Crippen molar-refractivity contribution in [3.63, 3.8) is 0 Å². The molecule has 76 valence electrons. The van der Waals surface area contributed by atoms with Crippen LogP contribution < -0.4 is 5.73 Å². The van der Waals surface area contributed by atoms with E-state index < -0.39 is 17.9 Å². The third-order valence-corrected chi connectivity index (χ3v) is 1.66. The molecule has 0 amide bonds. The number of hydrogen-bond acceptors (Lipinski definition) is 2. The molecule has 0 unspecified atom stereocenters. The topological polar surface area (TPSA) is 38.9 Å². The Kier molecular flexibility index (Phi) is 2.90. The van der Waals surface area contributed by atoms with Gasteiger partial charge in [-0.15, -0.1) is 6.58 Å². The fraction of sp³-hybridized carbons (Fsp3) is 0.222. The van der Waals surface area contributed by atoms with Gasteiger partial charge in [0.05, 0.1) is 11.7 Å². The summed E-state index contributed by atoms with van der Waals surface area (Å²) in [4.78, 5) is 3.39. The monoisotopic (exact) mass is 202 g/mol. The normalized spacial score (nSPS) is 13.7. The number of nitrogens with two attached hydrogens (primary N) is 1. The summed E-state index contributed by atoms with van der Waals surface area (Å²) in [6.45, 7) is 3.38. The molecule has 1 rings (SSSR count). The van der Waals surface area contributed by atoms with E-state index in [1.807, 2.05) is 0 Å². The Hall–Kier alpha value is -1.36. The van der Waals surface area contributed by atoms with E-state index in [2.05, 4.69) is 11.6 Å². The Bertz CT molecular complexity index is 333. The number of rotatable bonds is 2. The molecule has 1 aromatic heterocycles. The van der Waals surface area contributed by atoms with E-state index in [0.717, 1.165) is 6.07 Å². The molecule has 0 spiro atoms. The van der Waals surface area contributed by atoms with Crippen LogP contribution in [-0.2, 0) is 6.18 Å². The third kappa shape index (κ3) is 2.32. The van der Waals surface area contributed by atoms with Crippen LogP contribution in [0, 0.1) is 0 Å². The maximum absolute atomic E-state index is 12.2. The van der Waals surface area contributed by atoms with Crippen LogP contribution in [0.15, 0.2) is 30.9 Å². The quantitative estimate of drug-likeness (QED) is 0.747. The summed E-state index contributed by atoms with van der Waals surface area (Å²) in [5, 5.41) is 0. The van der Waals surface area contributed by atoms with Gasteiger partial charge in [0.1, 0.15) is 5.69 Å². The summed E-state index contributed by atoms with van der Waals surface area (Å²) in [5.74, 6) is 0. The van der Waals surface area contributed by atoms with Crippen molar-refractivity contribution in [1.29, 1.82) is 0 Å². The van der Waals surface area contributed by atoms with E-state index >= 15 is 0 Å². The van der Waals surface area contributed by atoms with Gasteiger partial charge in [-0.05, 0) is 12.1 Å². The molecule has 14 heavy (non-hydrogen) atoms. The maximum Gasteiger partial charge on any atom is 0.433 e. The molecule has 0 aliphatic rings. The zero-order valence-corrected chi connectivity index (χ0v) is 7.25. The molecular weight excluding hydrogens is 193 g/mol. The molecule has 1 atom stereocenters. The molecule has 5 heteroatoms. The average Bonchev–Trinajstić information content (AvgIpc) is 2.15. The fourth-order valence-electron chi connectivity index (χ4n) is 0.916. The molecule has 1 heterocycles. The van der Waals surface area contributed by atoms with E-state index in [0.29, 0.717) is 0 Å². The second kappa shape index (κ2) is 3.79. The summed E-state index contributed by atoms with van der Waals surface area (Å²) >= 11 is 0. The number of pyridine rings is 1. The van der Waals surface area contributed by atoms with Crippen LogP contribution in [0.2, 0.25) is 0 Å². The first-order valence-electron chi connectivity index (χ1n) is 3.87. The highest BCUT2D eigenvalue weighted by Gasteiger charge is 2.32. The summed E-state index contributed by atoms with van der Waals surface area (Å²) in [6.07, 6.45) is -3.10. The lowest BCUT2D eigenvalue weighted by molar-refractivity contribution is -0.141. The number of nitrogens with zero attached hydrogens (tertiary/aromatic N) is 1. The van der Waals surface area contributed by atoms with Crippen molar-refractivity contribution >= 4 is 0 Å². The van der Waals surface area contributed by atoms with Crippen molar-refractivity contribution in [3.05, 3.63) is 42.2 Å². The Balaban J connectivity index is 3.07. The van der Waals surface area contributed by atoms with Crippen LogP contribution in [0.5, 0.6) is 0 Å². The van der Waals surface area contributed by atoms with E-state index in [1.165, 1.54) is 18.2 Å². The Labute approximate surface area is 79.3 Å². The predicted octanol–water partition coefficient (Wildman–Crippen LogP) is 2.29. The van der Waals surface area contributed by atoms with Gasteiger partial charge < -0.3 is 5.73 Å². The highest BCUT2D eigenvalue weighted by atomic mass is 19.4. The molecular formula is C9H9F3N2. The minimum absolute atomic E-state index is 0.162. The first kappa shape index (κ1) is 10.7. The third-order valence-electron chi connectivity index (χ3n) is 1.66. The van der Waals surface area contributed by atoms with Gasteiger partial charge in [-0.25, -0.2) is 4.98 Å². The maximum atomic E-state index is 12.2. The van der Waals surface area contributed by atoms with Gasteiger partial charge in [-0.1, -0.05) is 12.1 Å². The van der Waals surface area contributed by atoms with Gasteiger partial charge in [-0.2, -0.15) is 13.2 Å². The molecule has 0 saturated heterocycles. The molecule has 1 aromatic rings. The van der Waals surface area contributed by atoms with Gasteiger partial charge >= 0.3 is 6.18 Å². The number of halogens is 3. The van der Waals surface area contributed by atoms with E-state index in [1.54, 1.807) is 0 Å². The van der Waals surface area contributed by atoms with Crippen LogP contribution >= 0.6 is 0 Å². The second-order valence-corrected chi connectivity index (χ2v) is 2.71. The van der Waals surface area contributed by atoms with E-state index in [4.69, 9.17) is 5.73 Å². The summed E-state index contributed by atoms with van der Waals surface area (Å²) < 4.78 is 36.6. The van der Waals surface area contributed by atoms with Gasteiger partial charge in [0.15, 0.2) is 0 Å². The number of hydrogen-bond donors (Lipinski definition) is 1. The van der Waals surface area contributed by atoms with Gasteiger partial charge in [0.2, 0.25) is 0 Å². The molecule has 0 aliphatic heterocycles. The van der Waals surface area contributed by atoms with Crippen molar-refractivity contribution < 1.29 is 13.2 Å². The van der Waals surface area contributed by atoms with E-state index in [-0.39, 0.29) is 5.69 Å². The molecule has 0 radical (unpaired) electrons. The highest BCUT2D eigenvalue weighted by molar-refractivity contribution is 5.18. The van der Waals surface area contributed by atoms with Crippen molar-refractivity contribution in [3.8, 4) is 0 Å². The lowest BCUT2D eigenvalue weighted by Gasteiger charge is -2.09. The Morgan fingerprint density at radius 2 is 2.07 bits per heavy atom. The van der Waals surface area contributed by atoms with Crippen LogP contribution in [0.4, 0.5) is 13.2 Å². The van der Waals surface area contributed by atoms with Gasteiger partial charge in [0.25, 0.3) is 0 Å². The zero-order valence-electron chi connectivity index (χ0n) is 7.25. The van der Waals surface area contributed by atoms with Crippen molar-refractivity contribution in [2.45, 2.75) is 12.2 Å². The minimum Gasteiger partial charge on any atom is -0.319 e. The van der Waals surface area contributed by atoms with Crippen LogP contribution in [0.3, 0.4) is 0 Å². The molecule has 0 saturated carbocycles. The van der Waals surface area contributed by atoms with Crippen molar-refractivity contribution in [2.75, 3.05) is 0 Å². The Morgan fingerprint density at radius 1 is 1.43 bits per heavy atom. The molecule has 2 N–H and O–H groups in total. The summed E-state index contributed by atoms with van der Waals surface area (Å²) in [5.41, 5.74) is 4.68. The summed E-state index contributed by atoms with van der Waals surface area (Å²) in [7, 11) is 0. The number of aromatic nitrogens is 1. The van der Waals surface area contributed by atoms with Crippen LogP contribution in [-0.4, -0.2) is 4.98 Å². The van der Waals surface area contributed by atoms with E-state index in [9.17, 15) is 13.2 Å². The molecule has 0 bridgehead atoms. The minimum atomic E-state index is -4.43. The average molecular weight is 202 g/mol. The largest absolute Gasteiger partial charge is 0.433 e. The van der Waals surface area contributed by atoms with Crippen molar-refractivity contribution in [1.82, 2.24) is 4.98 Å². The molecule has 0 fully saturated rings. The lowest BCUT2D eigenvalue weighted by atomic mass is 10.2. The predicted molar refractivity (Wildman–Crippen MR) is 46.4 cm³/mol. The second-order valence-electron chi connectivity index (χ2n) is 2.71. The van der Waals surface area contributed by atoms with Crippen LogP contribution in [0.25, 0.3) is 0 Å². The van der Waals surface area contributed by atoms with Crippen molar-refractivity contribution in [2.24, 2.45) is 5.73 Å². The SMILES string of the molecule is C=C[C@@H](N)c1cccc(C(F)(F)F)n1. The molecule has 0 aliphatic carbocycles. The lowest BCUT2D eigenvalue weighted by Crippen LogP contribution is -2.13. The Morgan fingerprint density at radius 3 is 2.57 bits per heavy atom.